The number of hydrogen-bond donors (Lipinski definition) is 2. The van der Waals surface area contributed by atoms with Gasteiger partial charge in [-0.2, -0.15) is 14.9 Å². The van der Waals surface area contributed by atoms with Gasteiger partial charge in [0.2, 0.25) is 11.8 Å². The van der Waals surface area contributed by atoms with Gasteiger partial charge in [-0.25, -0.2) is 0 Å². The Kier molecular flexibility index (Phi) is 4.48. The summed E-state index contributed by atoms with van der Waals surface area (Å²) in [5.74, 6) is 1.02. The topological polar surface area (TPSA) is 116 Å². The van der Waals surface area contributed by atoms with E-state index in [9.17, 15) is 4.91 Å². The molecule has 4 N–H and O–H groups in total. The summed E-state index contributed by atoms with van der Waals surface area (Å²) in [6.07, 6.45) is 6.11. The number of ether oxygens (including phenoxy) is 1. The molecule has 0 saturated heterocycles. The molecule has 1 saturated carbocycles. The van der Waals surface area contributed by atoms with Crippen LogP contribution in [0.1, 0.15) is 37.7 Å². The predicted molar refractivity (Wildman–Crippen MR) is 72.4 cm³/mol. The Bertz CT molecular complexity index is 446. The highest BCUT2D eigenvalue weighted by Gasteiger charge is 2.17. The summed E-state index contributed by atoms with van der Waals surface area (Å²) < 4.78 is 5.68. The lowest BCUT2D eigenvalue weighted by atomic mass is 9.90. The monoisotopic (exact) mass is 265 g/mol. The van der Waals surface area contributed by atoms with E-state index in [1.807, 2.05) is 0 Å². The number of rotatable bonds is 5. The fraction of sp³-hybridized carbons (Fsp3) is 0.667. The van der Waals surface area contributed by atoms with E-state index in [1.165, 1.54) is 19.3 Å². The van der Waals surface area contributed by atoms with E-state index in [4.69, 9.17) is 16.2 Å². The number of nitrogens with two attached hydrogens (primary N) is 2. The molecule has 0 radical (unpaired) electrons. The number of nitrogens with zero attached hydrogens (tertiary/aromatic N) is 3. The molecule has 19 heavy (non-hydrogen) atoms. The van der Waals surface area contributed by atoms with Gasteiger partial charge in [0, 0.05) is 0 Å². The summed E-state index contributed by atoms with van der Waals surface area (Å²) in [5.41, 5.74) is 11.7. The van der Waals surface area contributed by atoms with Crippen LogP contribution in [-0.2, 0) is 6.54 Å². The summed E-state index contributed by atoms with van der Waals surface area (Å²) in [6.45, 7) is 0.466. The van der Waals surface area contributed by atoms with Gasteiger partial charge in [-0.3, -0.25) is 0 Å². The van der Waals surface area contributed by atoms with Crippen molar-refractivity contribution < 1.29 is 4.74 Å². The van der Waals surface area contributed by atoms with Crippen molar-refractivity contribution in [3.05, 3.63) is 10.5 Å². The number of nitrogen functional groups attached to an aromatic ring is 2. The SMILES string of the molecule is Nc1nc(N)c(CN=O)c(OCC2CCCCC2)n1. The normalized spacial score (nSPS) is 16.2. The van der Waals surface area contributed by atoms with E-state index in [1.54, 1.807) is 0 Å². The Morgan fingerprint density at radius 2 is 1.95 bits per heavy atom. The minimum absolute atomic E-state index is 0.0470. The smallest absolute Gasteiger partial charge is 0.225 e. The van der Waals surface area contributed by atoms with Crippen LogP contribution in [0.4, 0.5) is 11.8 Å². The van der Waals surface area contributed by atoms with Crippen molar-refractivity contribution in [2.75, 3.05) is 18.1 Å². The summed E-state index contributed by atoms with van der Waals surface area (Å²) in [4.78, 5) is 18.2. The molecule has 1 aromatic heterocycles. The van der Waals surface area contributed by atoms with Crippen LogP contribution in [0.5, 0.6) is 5.88 Å². The molecule has 1 aliphatic rings. The second kappa shape index (κ2) is 6.31. The van der Waals surface area contributed by atoms with Crippen molar-refractivity contribution >= 4 is 11.8 Å². The molecule has 7 nitrogen and oxygen atoms in total. The molecule has 7 heteroatoms. The average Bonchev–Trinajstić information content (AvgIpc) is 2.41. The molecule has 0 atom stereocenters. The number of hydrogen-bond acceptors (Lipinski definition) is 7. The van der Waals surface area contributed by atoms with Gasteiger partial charge in [-0.15, -0.1) is 0 Å². The highest BCUT2D eigenvalue weighted by atomic mass is 16.5. The van der Waals surface area contributed by atoms with Crippen LogP contribution in [0, 0.1) is 10.8 Å². The van der Waals surface area contributed by atoms with E-state index in [-0.39, 0.29) is 24.2 Å². The van der Waals surface area contributed by atoms with E-state index in [0.717, 1.165) is 12.8 Å². The van der Waals surface area contributed by atoms with Gasteiger partial charge in [0.05, 0.1) is 12.2 Å². The molecule has 0 aromatic carbocycles. The van der Waals surface area contributed by atoms with Crippen molar-refractivity contribution in [2.24, 2.45) is 11.1 Å². The third kappa shape index (κ3) is 3.52. The Balaban J connectivity index is 2.06. The lowest BCUT2D eigenvalue weighted by Gasteiger charge is -2.22. The van der Waals surface area contributed by atoms with Gasteiger partial charge < -0.3 is 16.2 Å². The molecule has 0 spiro atoms. The van der Waals surface area contributed by atoms with Crippen molar-refractivity contribution in [2.45, 2.75) is 38.6 Å². The third-order valence-corrected chi connectivity index (χ3v) is 3.42. The highest BCUT2D eigenvalue weighted by molar-refractivity contribution is 5.48. The highest BCUT2D eigenvalue weighted by Crippen LogP contribution is 2.27. The Morgan fingerprint density at radius 3 is 2.63 bits per heavy atom. The molecule has 0 aliphatic heterocycles. The molecular formula is C12H19N5O2. The zero-order chi connectivity index (χ0) is 13.7. The van der Waals surface area contributed by atoms with Gasteiger partial charge >= 0.3 is 0 Å². The molecule has 2 rings (SSSR count). The third-order valence-electron chi connectivity index (χ3n) is 3.42. The second-order valence-electron chi connectivity index (χ2n) is 4.85. The van der Waals surface area contributed by atoms with Crippen LogP contribution in [0.25, 0.3) is 0 Å². The van der Waals surface area contributed by atoms with E-state index < -0.39 is 0 Å². The van der Waals surface area contributed by atoms with Crippen molar-refractivity contribution in [1.29, 1.82) is 0 Å². The van der Waals surface area contributed by atoms with E-state index in [2.05, 4.69) is 15.1 Å². The lowest BCUT2D eigenvalue weighted by Crippen LogP contribution is -2.17. The van der Waals surface area contributed by atoms with Gasteiger partial charge in [0.1, 0.15) is 12.4 Å². The summed E-state index contributed by atoms with van der Waals surface area (Å²) in [7, 11) is 0. The zero-order valence-electron chi connectivity index (χ0n) is 10.8. The average molecular weight is 265 g/mol. The summed E-state index contributed by atoms with van der Waals surface area (Å²) >= 11 is 0. The van der Waals surface area contributed by atoms with Crippen LogP contribution >= 0.6 is 0 Å². The first-order valence-electron chi connectivity index (χ1n) is 6.54. The quantitative estimate of drug-likeness (QED) is 0.785. The molecule has 0 unspecified atom stereocenters. The number of nitroso groups, excluding NO2 is 1. The standard InChI is InChI=1S/C12H19N5O2/c13-10-9(6-15-18)11(17-12(14)16-10)19-7-8-4-2-1-3-5-8/h8H,1-7H2,(H4,13,14,16,17). The second-order valence-corrected chi connectivity index (χ2v) is 4.85. The molecule has 0 amide bonds. The minimum atomic E-state index is -0.105. The molecule has 104 valence electrons. The first kappa shape index (κ1) is 13.5. The summed E-state index contributed by atoms with van der Waals surface area (Å²) in [6, 6.07) is 0. The minimum Gasteiger partial charge on any atom is -0.477 e. The summed E-state index contributed by atoms with van der Waals surface area (Å²) in [5, 5.41) is 2.82. The molecule has 1 aliphatic carbocycles. The van der Waals surface area contributed by atoms with Crippen LogP contribution in [0.15, 0.2) is 5.18 Å². The van der Waals surface area contributed by atoms with Crippen LogP contribution in [-0.4, -0.2) is 16.6 Å². The van der Waals surface area contributed by atoms with Gasteiger partial charge in [-0.05, 0) is 18.8 Å². The Labute approximate surface area is 111 Å². The van der Waals surface area contributed by atoms with Crippen molar-refractivity contribution in [3.63, 3.8) is 0 Å². The molecule has 1 fully saturated rings. The van der Waals surface area contributed by atoms with Gasteiger partial charge in [0.15, 0.2) is 0 Å². The fourth-order valence-electron chi connectivity index (χ4n) is 2.38. The maximum Gasteiger partial charge on any atom is 0.225 e. The van der Waals surface area contributed by atoms with Crippen molar-refractivity contribution in [1.82, 2.24) is 9.97 Å². The Hall–Kier alpha value is -1.92. The fourth-order valence-corrected chi connectivity index (χ4v) is 2.38. The van der Waals surface area contributed by atoms with E-state index in [0.29, 0.717) is 18.1 Å². The van der Waals surface area contributed by atoms with Crippen LogP contribution < -0.4 is 16.2 Å². The number of anilines is 2. The van der Waals surface area contributed by atoms with Crippen molar-refractivity contribution in [3.8, 4) is 5.88 Å². The first-order valence-corrected chi connectivity index (χ1v) is 6.54. The predicted octanol–water partition coefficient (Wildman–Crippen LogP) is 1.87. The van der Waals surface area contributed by atoms with Gasteiger partial charge in [-0.1, -0.05) is 24.4 Å². The Morgan fingerprint density at radius 1 is 1.21 bits per heavy atom. The van der Waals surface area contributed by atoms with Crippen LogP contribution in [0.3, 0.4) is 0 Å². The maximum absolute atomic E-state index is 10.4. The lowest BCUT2D eigenvalue weighted by molar-refractivity contribution is 0.201. The maximum atomic E-state index is 10.4. The van der Waals surface area contributed by atoms with E-state index >= 15 is 0 Å². The first-order chi connectivity index (χ1) is 9.20. The van der Waals surface area contributed by atoms with Crippen LogP contribution in [0.2, 0.25) is 0 Å². The molecule has 1 heterocycles. The van der Waals surface area contributed by atoms with Gasteiger partial charge in [0.25, 0.3) is 0 Å². The number of aromatic nitrogens is 2. The molecule has 0 bridgehead atoms. The zero-order valence-corrected chi connectivity index (χ0v) is 10.8. The largest absolute Gasteiger partial charge is 0.477 e. The molecule has 1 aromatic rings. The molecular weight excluding hydrogens is 246 g/mol.